The number of anilines is 1. The van der Waals surface area contributed by atoms with Crippen molar-refractivity contribution < 1.29 is 17.6 Å². The number of rotatable bonds is 6. The third-order valence-electron chi connectivity index (χ3n) is 3.62. The number of hydrogen-bond acceptors (Lipinski definition) is 6. The first kappa shape index (κ1) is 18.8. The van der Waals surface area contributed by atoms with Gasteiger partial charge in [0.15, 0.2) is 15.0 Å². The molecule has 1 heterocycles. The van der Waals surface area contributed by atoms with Crippen molar-refractivity contribution in [2.24, 2.45) is 0 Å². The van der Waals surface area contributed by atoms with Gasteiger partial charge in [0.25, 0.3) is 0 Å². The Labute approximate surface area is 158 Å². The van der Waals surface area contributed by atoms with Crippen LogP contribution in [0.15, 0.2) is 52.3 Å². The van der Waals surface area contributed by atoms with Crippen molar-refractivity contribution in [3.05, 3.63) is 48.3 Å². The molecule has 0 saturated carbocycles. The topological polar surface area (TPSA) is 76.1 Å². The van der Waals surface area contributed by atoms with Crippen molar-refractivity contribution in [2.75, 3.05) is 17.3 Å². The molecule has 1 amide bonds. The van der Waals surface area contributed by atoms with Gasteiger partial charge in [0.05, 0.1) is 20.9 Å². The van der Waals surface area contributed by atoms with Crippen LogP contribution in [0.1, 0.15) is 6.42 Å². The van der Waals surface area contributed by atoms with Crippen molar-refractivity contribution in [3.8, 4) is 0 Å². The highest BCUT2D eigenvalue weighted by Gasteiger charge is 2.17. The van der Waals surface area contributed by atoms with Crippen LogP contribution in [-0.4, -0.2) is 31.3 Å². The fourth-order valence-corrected chi connectivity index (χ4v) is 5.09. The Morgan fingerprint density at radius 1 is 1.23 bits per heavy atom. The highest BCUT2D eigenvalue weighted by Crippen LogP contribution is 2.32. The van der Waals surface area contributed by atoms with Crippen LogP contribution in [0.4, 0.5) is 9.52 Å². The van der Waals surface area contributed by atoms with Gasteiger partial charge in [-0.2, -0.15) is 0 Å². The molecular formula is C17H15FN2O3S3. The summed E-state index contributed by atoms with van der Waals surface area (Å²) in [5.74, 6) is -1.30. The number of nitrogens with zero attached hydrogens (tertiary/aromatic N) is 1. The Hall–Kier alpha value is -1.97. The van der Waals surface area contributed by atoms with Crippen LogP contribution in [-0.2, 0) is 14.6 Å². The summed E-state index contributed by atoms with van der Waals surface area (Å²) in [5.41, 5.74) is 0.819. The number of amides is 1. The molecule has 0 atom stereocenters. The molecule has 26 heavy (non-hydrogen) atoms. The van der Waals surface area contributed by atoms with Gasteiger partial charge in [-0.3, -0.25) is 4.79 Å². The largest absolute Gasteiger partial charge is 0.302 e. The van der Waals surface area contributed by atoms with Gasteiger partial charge >= 0.3 is 0 Å². The summed E-state index contributed by atoms with van der Waals surface area (Å²) in [6.45, 7) is 0. The Morgan fingerprint density at radius 2 is 1.96 bits per heavy atom. The molecule has 9 heteroatoms. The van der Waals surface area contributed by atoms with Crippen LogP contribution >= 0.6 is 23.1 Å². The van der Waals surface area contributed by atoms with Crippen LogP contribution in [0.5, 0.6) is 0 Å². The molecule has 0 aliphatic heterocycles. The number of nitrogens with one attached hydrogen (secondary N) is 1. The number of thiazole rings is 1. The average Bonchev–Trinajstić information content (AvgIpc) is 3.02. The Balaban J connectivity index is 1.66. The van der Waals surface area contributed by atoms with E-state index in [0.29, 0.717) is 5.13 Å². The van der Waals surface area contributed by atoms with Crippen molar-refractivity contribution in [3.63, 3.8) is 0 Å². The summed E-state index contributed by atoms with van der Waals surface area (Å²) in [7, 11) is -3.65. The molecule has 0 bridgehead atoms. The van der Waals surface area contributed by atoms with E-state index in [1.165, 1.54) is 23.5 Å². The molecule has 0 saturated heterocycles. The Morgan fingerprint density at radius 3 is 2.65 bits per heavy atom. The zero-order valence-electron chi connectivity index (χ0n) is 13.7. The van der Waals surface area contributed by atoms with E-state index in [9.17, 15) is 17.6 Å². The number of carbonyl (C=O) groups is 1. The number of carbonyl (C=O) groups excluding carboxylic acids is 1. The molecule has 0 fully saturated rings. The lowest BCUT2D eigenvalue weighted by Gasteiger charge is -2.04. The van der Waals surface area contributed by atoms with Gasteiger partial charge in [-0.15, -0.1) is 11.8 Å². The van der Waals surface area contributed by atoms with Crippen molar-refractivity contribution in [2.45, 2.75) is 16.2 Å². The highest BCUT2D eigenvalue weighted by atomic mass is 32.2. The van der Waals surface area contributed by atoms with Crippen molar-refractivity contribution in [1.82, 2.24) is 4.98 Å². The molecule has 0 spiro atoms. The summed E-state index contributed by atoms with van der Waals surface area (Å²) in [6.07, 6.45) is 1.75. The maximum absolute atomic E-state index is 12.9. The fourth-order valence-electron chi connectivity index (χ4n) is 2.31. The molecule has 136 valence electrons. The van der Waals surface area contributed by atoms with E-state index in [2.05, 4.69) is 10.3 Å². The van der Waals surface area contributed by atoms with Crippen LogP contribution in [0, 0.1) is 5.82 Å². The number of fused-ring (bicyclic) bond motifs is 1. The normalized spacial score (nSPS) is 11.6. The first-order chi connectivity index (χ1) is 12.4. The minimum Gasteiger partial charge on any atom is -0.302 e. The highest BCUT2D eigenvalue weighted by molar-refractivity contribution is 7.98. The van der Waals surface area contributed by atoms with E-state index in [0.717, 1.165) is 27.2 Å². The lowest BCUT2D eigenvalue weighted by atomic mass is 10.3. The third-order valence-corrected chi connectivity index (χ3v) is 7.06. The van der Waals surface area contributed by atoms with Gasteiger partial charge < -0.3 is 5.32 Å². The number of para-hydroxylation sites is 1. The molecule has 1 aromatic heterocycles. The van der Waals surface area contributed by atoms with Crippen molar-refractivity contribution in [1.29, 1.82) is 0 Å². The molecule has 2 aromatic carbocycles. The zero-order chi connectivity index (χ0) is 18.7. The lowest BCUT2D eigenvalue weighted by Crippen LogP contribution is -2.17. The van der Waals surface area contributed by atoms with Crippen LogP contribution in [0.2, 0.25) is 0 Å². The van der Waals surface area contributed by atoms with E-state index in [1.807, 2.05) is 24.5 Å². The van der Waals surface area contributed by atoms with Gasteiger partial charge in [0.1, 0.15) is 5.82 Å². The molecule has 0 aliphatic carbocycles. The number of benzene rings is 2. The zero-order valence-corrected chi connectivity index (χ0v) is 16.2. The van der Waals surface area contributed by atoms with E-state index < -0.39 is 21.6 Å². The predicted molar refractivity (Wildman–Crippen MR) is 103 cm³/mol. The Bertz CT molecular complexity index is 1050. The van der Waals surface area contributed by atoms with E-state index in [-0.39, 0.29) is 17.1 Å². The maximum Gasteiger partial charge on any atom is 0.227 e. The molecule has 0 aliphatic rings. The van der Waals surface area contributed by atoms with E-state index >= 15 is 0 Å². The first-order valence-electron chi connectivity index (χ1n) is 7.61. The van der Waals surface area contributed by atoms with Gasteiger partial charge in [-0.25, -0.2) is 17.8 Å². The molecule has 0 unspecified atom stereocenters. The molecular weight excluding hydrogens is 395 g/mol. The molecule has 3 aromatic rings. The quantitative estimate of drug-likeness (QED) is 0.492. The summed E-state index contributed by atoms with van der Waals surface area (Å²) >= 11 is 2.91. The molecule has 1 N–H and O–H groups in total. The van der Waals surface area contributed by atoms with E-state index in [1.54, 1.807) is 11.8 Å². The van der Waals surface area contributed by atoms with Crippen LogP contribution < -0.4 is 5.32 Å². The van der Waals surface area contributed by atoms with Crippen LogP contribution in [0.3, 0.4) is 0 Å². The third kappa shape index (κ3) is 4.22. The van der Waals surface area contributed by atoms with Gasteiger partial charge in [0.2, 0.25) is 5.91 Å². The summed E-state index contributed by atoms with van der Waals surface area (Å²) in [6, 6.07) is 10.3. The number of aromatic nitrogens is 1. The second kappa shape index (κ2) is 7.73. The first-order valence-corrected chi connectivity index (χ1v) is 11.3. The fraction of sp³-hybridized carbons (Fsp3) is 0.176. The number of sulfone groups is 1. The van der Waals surface area contributed by atoms with Gasteiger partial charge in [0, 0.05) is 11.3 Å². The summed E-state index contributed by atoms with van der Waals surface area (Å²) < 4.78 is 38.3. The molecule has 3 rings (SSSR count). The lowest BCUT2D eigenvalue weighted by molar-refractivity contribution is -0.115. The summed E-state index contributed by atoms with van der Waals surface area (Å²) in [4.78, 5) is 17.5. The average molecular weight is 411 g/mol. The predicted octanol–water partition coefficient (Wildman–Crippen LogP) is 3.96. The number of halogens is 1. The van der Waals surface area contributed by atoms with E-state index in [4.69, 9.17) is 0 Å². The summed E-state index contributed by atoms with van der Waals surface area (Å²) in [5, 5.41) is 3.09. The number of hydrogen-bond donors (Lipinski definition) is 1. The maximum atomic E-state index is 12.9. The minimum atomic E-state index is -3.65. The SMILES string of the molecule is CSc1cccc2sc(NC(=O)CCS(=O)(=O)c3ccc(F)cc3)nc12. The van der Waals surface area contributed by atoms with Crippen molar-refractivity contribution >= 4 is 54.2 Å². The second-order valence-electron chi connectivity index (χ2n) is 5.40. The monoisotopic (exact) mass is 410 g/mol. The molecule has 5 nitrogen and oxygen atoms in total. The van der Waals surface area contributed by atoms with Gasteiger partial charge in [-0.05, 0) is 42.7 Å². The number of thioether (sulfide) groups is 1. The minimum absolute atomic E-state index is 0.00343. The Kier molecular flexibility index (Phi) is 5.59. The second-order valence-corrected chi connectivity index (χ2v) is 9.38. The molecule has 0 radical (unpaired) electrons. The van der Waals surface area contributed by atoms with Gasteiger partial charge in [-0.1, -0.05) is 17.4 Å². The van der Waals surface area contributed by atoms with Crippen LogP contribution in [0.25, 0.3) is 10.2 Å². The smallest absolute Gasteiger partial charge is 0.227 e. The standard InChI is InChI=1S/C17H15FN2O3S3/c1-24-13-3-2-4-14-16(13)20-17(25-14)19-15(21)9-10-26(22,23)12-7-5-11(18)6-8-12/h2-8H,9-10H2,1H3,(H,19,20,21).